The third-order valence-corrected chi connectivity index (χ3v) is 6.46. The Morgan fingerprint density at radius 2 is 1.97 bits per heavy atom. The van der Waals surface area contributed by atoms with Gasteiger partial charge < -0.3 is 14.6 Å². The maximum atomic E-state index is 13.1. The molecule has 1 N–H and O–H groups in total. The Balaban J connectivity index is 1.69. The molecule has 1 atom stereocenters. The SMILES string of the molecule is CCOc1cccc([C@@H]2CC(=O)Nc3c2c(=O)nc(SCc2ccc(C)cc2)n3C)c1. The van der Waals surface area contributed by atoms with Gasteiger partial charge in [-0.15, -0.1) is 0 Å². The predicted molar refractivity (Wildman–Crippen MR) is 123 cm³/mol. The smallest absolute Gasteiger partial charge is 0.279 e. The van der Waals surface area contributed by atoms with Gasteiger partial charge in [0, 0.05) is 25.1 Å². The first-order valence-electron chi connectivity index (χ1n) is 10.3. The minimum Gasteiger partial charge on any atom is -0.494 e. The third-order valence-electron chi connectivity index (χ3n) is 5.36. The van der Waals surface area contributed by atoms with E-state index in [1.54, 1.807) is 0 Å². The van der Waals surface area contributed by atoms with Gasteiger partial charge in [-0.05, 0) is 37.1 Å². The van der Waals surface area contributed by atoms with Gasteiger partial charge in [-0.1, -0.05) is 53.7 Å². The zero-order chi connectivity index (χ0) is 22.0. The van der Waals surface area contributed by atoms with Crippen molar-refractivity contribution < 1.29 is 9.53 Å². The summed E-state index contributed by atoms with van der Waals surface area (Å²) in [5.41, 5.74) is 3.45. The van der Waals surface area contributed by atoms with Crippen LogP contribution >= 0.6 is 11.8 Å². The minimum absolute atomic E-state index is 0.116. The van der Waals surface area contributed by atoms with E-state index in [0.717, 1.165) is 16.9 Å². The molecule has 1 aromatic heterocycles. The number of aromatic nitrogens is 2. The molecule has 0 bridgehead atoms. The number of hydrogen-bond acceptors (Lipinski definition) is 5. The number of ether oxygens (including phenoxy) is 1. The molecule has 160 valence electrons. The van der Waals surface area contributed by atoms with Crippen LogP contribution in [0.15, 0.2) is 58.5 Å². The number of carbonyl (C=O) groups is 1. The number of nitrogens with one attached hydrogen (secondary N) is 1. The summed E-state index contributed by atoms with van der Waals surface area (Å²) < 4.78 is 7.42. The summed E-state index contributed by atoms with van der Waals surface area (Å²) in [6, 6.07) is 15.9. The first kappa shape index (κ1) is 21.2. The highest BCUT2D eigenvalue weighted by Crippen LogP contribution is 2.37. The second kappa shape index (κ2) is 8.98. The summed E-state index contributed by atoms with van der Waals surface area (Å²) in [6.45, 7) is 4.52. The van der Waals surface area contributed by atoms with Crippen LogP contribution in [0.1, 0.15) is 41.5 Å². The zero-order valence-corrected chi connectivity index (χ0v) is 18.7. The second-order valence-electron chi connectivity index (χ2n) is 7.61. The normalized spacial score (nSPS) is 15.3. The molecule has 7 heteroatoms. The number of nitrogens with zero attached hydrogens (tertiary/aromatic N) is 2. The maximum Gasteiger partial charge on any atom is 0.279 e. The molecule has 2 aromatic carbocycles. The minimum atomic E-state index is -0.355. The molecule has 1 aliphatic heterocycles. The number of benzene rings is 2. The summed E-state index contributed by atoms with van der Waals surface area (Å²) in [5.74, 6) is 1.46. The summed E-state index contributed by atoms with van der Waals surface area (Å²) in [4.78, 5) is 30.0. The summed E-state index contributed by atoms with van der Waals surface area (Å²) in [6.07, 6.45) is 0.204. The highest BCUT2D eigenvalue weighted by Gasteiger charge is 2.32. The number of amides is 1. The molecule has 1 amide bonds. The first-order chi connectivity index (χ1) is 15.0. The average molecular weight is 436 g/mol. The Labute approximate surface area is 185 Å². The van der Waals surface area contributed by atoms with Gasteiger partial charge in [0.1, 0.15) is 11.6 Å². The zero-order valence-electron chi connectivity index (χ0n) is 17.8. The fourth-order valence-electron chi connectivity index (χ4n) is 3.77. The van der Waals surface area contributed by atoms with E-state index in [1.165, 1.54) is 17.3 Å². The van der Waals surface area contributed by atoms with Gasteiger partial charge in [-0.3, -0.25) is 9.59 Å². The lowest BCUT2D eigenvalue weighted by Gasteiger charge is -2.27. The Hall–Kier alpha value is -3.06. The molecule has 0 unspecified atom stereocenters. The van der Waals surface area contributed by atoms with Gasteiger partial charge in [0.25, 0.3) is 5.56 Å². The van der Waals surface area contributed by atoms with Crippen molar-refractivity contribution in [1.29, 1.82) is 0 Å². The lowest BCUT2D eigenvalue weighted by atomic mass is 9.86. The Morgan fingerprint density at radius 3 is 2.71 bits per heavy atom. The molecule has 3 aromatic rings. The number of thioether (sulfide) groups is 1. The van der Waals surface area contributed by atoms with E-state index in [-0.39, 0.29) is 23.8 Å². The average Bonchev–Trinajstić information content (AvgIpc) is 2.76. The van der Waals surface area contributed by atoms with Crippen molar-refractivity contribution in [3.8, 4) is 5.75 Å². The highest BCUT2D eigenvalue weighted by molar-refractivity contribution is 7.98. The fourth-order valence-corrected chi connectivity index (χ4v) is 4.69. The van der Waals surface area contributed by atoms with Crippen molar-refractivity contribution in [2.24, 2.45) is 7.05 Å². The van der Waals surface area contributed by atoms with E-state index in [4.69, 9.17) is 4.74 Å². The number of hydrogen-bond donors (Lipinski definition) is 1. The molecule has 0 saturated carbocycles. The molecule has 4 rings (SSSR count). The van der Waals surface area contributed by atoms with E-state index in [1.807, 2.05) is 42.8 Å². The Bertz CT molecular complexity index is 1170. The van der Waals surface area contributed by atoms with Crippen LogP contribution in [0.25, 0.3) is 0 Å². The monoisotopic (exact) mass is 435 g/mol. The van der Waals surface area contributed by atoms with Gasteiger partial charge in [0.2, 0.25) is 5.91 Å². The molecule has 6 nitrogen and oxygen atoms in total. The second-order valence-corrected chi connectivity index (χ2v) is 8.55. The van der Waals surface area contributed by atoms with Gasteiger partial charge in [0.05, 0.1) is 12.2 Å². The predicted octanol–water partition coefficient (Wildman–Crippen LogP) is 4.25. The van der Waals surface area contributed by atoms with Crippen molar-refractivity contribution >= 4 is 23.5 Å². The van der Waals surface area contributed by atoms with Crippen LogP contribution in [0.4, 0.5) is 5.82 Å². The van der Waals surface area contributed by atoms with Gasteiger partial charge in [-0.25, -0.2) is 0 Å². The quantitative estimate of drug-likeness (QED) is 0.463. The van der Waals surface area contributed by atoms with Crippen molar-refractivity contribution in [1.82, 2.24) is 9.55 Å². The topological polar surface area (TPSA) is 73.2 Å². The van der Waals surface area contributed by atoms with Gasteiger partial charge >= 0.3 is 0 Å². The highest BCUT2D eigenvalue weighted by atomic mass is 32.2. The van der Waals surface area contributed by atoms with Crippen LogP contribution in [0.3, 0.4) is 0 Å². The van der Waals surface area contributed by atoms with E-state index >= 15 is 0 Å². The third kappa shape index (κ3) is 4.51. The molecule has 0 radical (unpaired) electrons. The number of aryl methyl sites for hydroxylation is 1. The fraction of sp³-hybridized carbons (Fsp3) is 0.292. The van der Waals surface area contributed by atoms with E-state index in [0.29, 0.717) is 28.9 Å². The number of anilines is 1. The van der Waals surface area contributed by atoms with Crippen LogP contribution < -0.4 is 15.6 Å². The molecule has 0 spiro atoms. The standard InChI is InChI=1S/C24H25N3O3S/c1-4-30-18-7-5-6-17(12-18)19-13-20(28)25-22-21(19)23(29)26-24(27(22)3)31-14-16-10-8-15(2)9-11-16/h5-12,19H,4,13-14H2,1-3H3,(H,25,28)/t19-/m0/s1. The Kier molecular flexibility index (Phi) is 6.13. The van der Waals surface area contributed by atoms with Crippen LogP contribution in [0.2, 0.25) is 0 Å². The molecular formula is C24H25N3O3S. The van der Waals surface area contributed by atoms with Crippen molar-refractivity contribution in [3.05, 3.63) is 81.1 Å². The van der Waals surface area contributed by atoms with Crippen molar-refractivity contribution in [2.75, 3.05) is 11.9 Å². The maximum absolute atomic E-state index is 13.1. The number of fused-ring (bicyclic) bond motifs is 1. The lowest BCUT2D eigenvalue weighted by molar-refractivity contribution is -0.116. The van der Waals surface area contributed by atoms with E-state index in [9.17, 15) is 9.59 Å². The summed E-state index contributed by atoms with van der Waals surface area (Å²) >= 11 is 1.48. The van der Waals surface area contributed by atoms with Crippen LogP contribution in [-0.2, 0) is 17.6 Å². The molecule has 31 heavy (non-hydrogen) atoms. The number of rotatable bonds is 6. The molecule has 1 aliphatic rings. The number of carbonyl (C=O) groups excluding carboxylic acids is 1. The molecular weight excluding hydrogens is 410 g/mol. The van der Waals surface area contributed by atoms with Crippen LogP contribution in [0.5, 0.6) is 5.75 Å². The Morgan fingerprint density at radius 1 is 1.19 bits per heavy atom. The van der Waals surface area contributed by atoms with E-state index < -0.39 is 0 Å². The van der Waals surface area contributed by atoms with Crippen molar-refractivity contribution in [3.63, 3.8) is 0 Å². The van der Waals surface area contributed by atoms with Crippen LogP contribution in [0, 0.1) is 6.92 Å². The van der Waals surface area contributed by atoms with Gasteiger partial charge in [-0.2, -0.15) is 4.98 Å². The largest absolute Gasteiger partial charge is 0.494 e. The molecule has 0 saturated heterocycles. The molecule has 0 aliphatic carbocycles. The van der Waals surface area contributed by atoms with Crippen LogP contribution in [-0.4, -0.2) is 22.1 Å². The van der Waals surface area contributed by atoms with E-state index in [2.05, 4.69) is 41.5 Å². The summed E-state index contributed by atoms with van der Waals surface area (Å²) in [5, 5.41) is 3.47. The van der Waals surface area contributed by atoms with Crippen molar-refractivity contribution in [2.45, 2.75) is 37.1 Å². The molecule has 0 fully saturated rings. The first-order valence-corrected chi connectivity index (χ1v) is 11.3. The summed E-state index contributed by atoms with van der Waals surface area (Å²) in [7, 11) is 1.84. The molecule has 2 heterocycles. The lowest BCUT2D eigenvalue weighted by Crippen LogP contribution is -2.33. The van der Waals surface area contributed by atoms with Gasteiger partial charge in [0.15, 0.2) is 5.16 Å².